The van der Waals surface area contributed by atoms with Crippen molar-refractivity contribution in [1.82, 2.24) is 20.8 Å². The molecule has 6 nitrogen and oxygen atoms in total. The van der Waals surface area contributed by atoms with Crippen LogP contribution in [0.3, 0.4) is 0 Å². The van der Waals surface area contributed by atoms with Gasteiger partial charge in [0.1, 0.15) is 0 Å². The number of aliphatic imine (C=N–C) groups is 1. The van der Waals surface area contributed by atoms with Crippen LogP contribution in [0.1, 0.15) is 11.7 Å². The summed E-state index contributed by atoms with van der Waals surface area (Å²) in [6.45, 7) is 2.60. The van der Waals surface area contributed by atoms with Gasteiger partial charge in [-0.1, -0.05) is 11.1 Å². The minimum atomic E-state index is 0. The van der Waals surface area contributed by atoms with E-state index in [1.807, 2.05) is 0 Å². The SMILES string of the molecule is C#CCNC(=NC)NCc1nc(C)no1.I. The molecule has 0 radical (unpaired) electrons. The topological polar surface area (TPSA) is 75.3 Å². The molecule has 0 aliphatic heterocycles. The highest BCUT2D eigenvalue weighted by atomic mass is 127. The van der Waals surface area contributed by atoms with Gasteiger partial charge in [-0.05, 0) is 6.92 Å². The van der Waals surface area contributed by atoms with Crippen LogP contribution in [-0.4, -0.2) is 29.7 Å². The molecule has 16 heavy (non-hydrogen) atoms. The number of aryl methyl sites for hydroxylation is 1. The molecule has 7 heteroatoms. The standard InChI is InChI=1S/C9H13N5O.HI/c1-4-5-11-9(10-3)12-6-8-13-7(2)14-15-8;/h1H,5-6H2,2-3H3,(H2,10,11,12);1H. The van der Waals surface area contributed by atoms with Crippen LogP contribution in [0.25, 0.3) is 0 Å². The molecule has 88 valence electrons. The number of rotatable bonds is 3. The monoisotopic (exact) mass is 335 g/mol. The van der Waals surface area contributed by atoms with Crippen molar-refractivity contribution in [3.63, 3.8) is 0 Å². The summed E-state index contributed by atoms with van der Waals surface area (Å²) in [5.41, 5.74) is 0. The van der Waals surface area contributed by atoms with Crippen molar-refractivity contribution in [3.05, 3.63) is 11.7 Å². The summed E-state index contributed by atoms with van der Waals surface area (Å²) in [5, 5.41) is 9.55. The fraction of sp³-hybridized carbons (Fsp3) is 0.444. The van der Waals surface area contributed by atoms with Crippen LogP contribution < -0.4 is 10.6 Å². The molecule has 0 aliphatic carbocycles. The van der Waals surface area contributed by atoms with E-state index in [0.29, 0.717) is 30.8 Å². The number of terminal acetylenes is 1. The zero-order chi connectivity index (χ0) is 11.1. The summed E-state index contributed by atoms with van der Waals surface area (Å²) in [4.78, 5) is 7.99. The normalized spacial score (nSPS) is 10.2. The summed E-state index contributed by atoms with van der Waals surface area (Å²) in [6.07, 6.45) is 5.11. The number of nitrogens with one attached hydrogen (secondary N) is 2. The maximum absolute atomic E-state index is 5.11. The number of nitrogens with zero attached hydrogens (tertiary/aromatic N) is 3. The maximum atomic E-state index is 5.11. The van der Waals surface area contributed by atoms with E-state index < -0.39 is 0 Å². The number of hydrogen-bond acceptors (Lipinski definition) is 4. The van der Waals surface area contributed by atoms with E-state index in [-0.39, 0.29) is 24.0 Å². The highest BCUT2D eigenvalue weighted by molar-refractivity contribution is 14.0. The zero-order valence-electron chi connectivity index (χ0n) is 9.15. The van der Waals surface area contributed by atoms with Gasteiger partial charge in [-0.15, -0.1) is 30.4 Å². The fourth-order valence-corrected chi connectivity index (χ4v) is 0.927. The van der Waals surface area contributed by atoms with Gasteiger partial charge in [-0.25, -0.2) is 0 Å². The van der Waals surface area contributed by atoms with Gasteiger partial charge in [0.25, 0.3) is 0 Å². The lowest BCUT2D eigenvalue weighted by Gasteiger charge is -2.06. The second-order valence-electron chi connectivity index (χ2n) is 2.72. The van der Waals surface area contributed by atoms with E-state index >= 15 is 0 Å². The van der Waals surface area contributed by atoms with Gasteiger partial charge in [-0.3, -0.25) is 4.99 Å². The molecule has 0 saturated heterocycles. The molecular weight excluding hydrogens is 321 g/mol. The predicted octanol–water partition coefficient (Wildman–Crippen LogP) is 0.294. The zero-order valence-corrected chi connectivity index (χ0v) is 11.5. The quantitative estimate of drug-likeness (QED) is 0.360. The molecule has 0 unspecified atom stereocenters. The molecular formula is C9H14IN5O. The minimum absolute atomic E-state index is 0. The van der Waals surface area contributed by atoms with Gasteiger partial charge in [0.2, 0.25) is 5.89 Å². The van der Waals surface area contributed by atoms with Gasteiger partial charge in [0, 0.05) is 7.05 Å². The van der Waals surface area contributed by atoms with Gasteiger partial charge in [0.05, 0.1) is 13.1 Å². The van der Waals surface area contributed by atoms with E-state index in [1.165, 1.54) is 0 Å². The molecule has 0 aliphatic rings. The van der Waals surface area contributed by atoms with Crippen molar-refractivity contribution in [2.24, 2.45) is 4.99 Å². The lowest BCUT2D eigenvalue weighted by Crippen LogP contribution is -2.36. The van der Waals surface area contributed by atoms with Crippen LogP contribution in [0.5, 0.6) is 0 Å². The van der Waals surface area contributed by atoms with Gasteiger partial charge in [0.15, 0.2) is 11.8 Å². The molecule has 1 aromatic rings. The second kappa shape index (κ2) is 7.92. The molecule has 0 aromatic carbocycles. The van der Waals surface area contributed by atoms with Crippen LogP contribution in [0, 0.1) is 19.3 Å². The van der Waals surface area contributed by atoms with Gasteiger partial charge in [-0.2, -0.15) is 4.98 Å². The van der Waals surface area contributed by atoms with Crippen molar-refractivity contribution in [2.45, 2.75) is 13.5 Å². The Hall–Kier alpha value is -1.30. The summed E-state index contributed by atoms with van der Waals surface area (Å²) in [5.74, 6) is 4.17. The Morgan fingerprint density at radius 2 is 2.31 bits per heavy atom. The average molecular weight is 335 g/mol. The number of hydrogen-bond donors (Lipinski definition) is 2. The first-order valence-corrected chi connectivity index (χ1v) is 4.43. The van der Waals surface area contributed by atoms with Crippen LogP contribution in [0.4, 0.5) is 0 Å². The van der Waals surface area contributed by atoms with E-state index in [0.717, 1.165) is 0 Å². The lowest BCUT2D eigenvalue weighted by molar-refractivity contribution is 0.371. The first-order valence-electron chi connectivity index (χ1n) is 4.43. The highest BCUT2D eigenvalue weighted by Gasteiger charge is 2.02. The minimum Gasteiger partial charge on any atom is -0.347 e. The van der Waals surface area contributed by atoms with Crippen LogP contribution >= 0.6 is 24.0 Å². The Bertz CT molecular complexity index is 381. The Balaban J connectivity index is 0.00000225. The van der Waals surface area contributed by atoms with Gasteiger partial charge >= 0.3 is 0 Å². The van der Waals surface area contributed by atoms with Crippen molar-refractivity contribution < 1.29 is 4.52 Å². The Morgan fingerprint density at radius 1 is 1.56 bits per heavy atom. The predicted molar refractivity (Wildman–Crippen MR) is 71.5 cm³/mol. The van der Waals surface area contributed by atoms with Crippen molar-refractivity contribution in [3.8, 4) is 12.3 Å². The highest BCUT2D eigenvalue weighted by Crippen LogP contribution is 1.93. The first-order chi connectivity index (χ1) is 7.26. The lowest BCUT2D eigenvalue weighted by atomic mass is 10.6. The Kier molecular flexibility index (Phi) is 7.28. The summed E-state index contributed by atoms with van der Waals surface area (Å²) < 4.78 is 4.92. The third-order valence-electron chi connectivity index (χ3n) is 1.56. The molecule has 0 spiro atoms. The largest absolute Gasteiger partial charge is 0.347 e. The molecule has 0 bridgehead atoms. The molecule has 2 N–H and O–H groups in total. The smallest absolute Gasteiger partial charge is 0.246 e. The van der Waals surface area contributed by atoms with Crippen LogP contribution in [-0.2, 0) is 6.54 Å². The molecule has 1 rings (SSSR count). The number of guanidine groups is 1. The summed E-state index contributed by atoms with van der Waals surface area (Å²) >= 11 is 0. The Morgan fingerprint density at radius 3 is 2.81 bits per heavy atom. The third-order valence-corrected chi connectivity index (χ3v) is 1.56. The second-order valence-corrected chi connectivity index (χ2v) is 2.72. The fourth-order valence-electron chi connectivity index (χ4n) is 0.927. The van der Waals surface area contributed by atoms with Gasteiger partial charge < -0.3 is 15.2 Å². The van der Waals surface area contributed by atoms with Crippen molar-refractivity contribution in [1.29, 1.82) is 0 Å². The number of aromatic nitrogens is 2. The molecule has 0 fully saturated rings. The molecule has 1 heterocycles. The molecule has 0 amide bonds. The Labute approximate surface area is 111 Å². The molecule has 0 atom stereocenters. The average Bonchev–Trinajstić information content (AvgIpc) is 2.65. The summed E-state index contributed by atoms with van der Waals surface area (Å²) in [7, 11) is 1.66. The summed E-state index contributed by atoms with van der Waals surface area (Å²) in [6, 6.07) is 0. The maximum Gasteiger partial charge on any atom is 0.246 e. The van der Waals surface area contributed by atoms with Crippen molar-refractivity contribution in [2.75, 3.05) is 13.6 Å². The molecule has 0 saturated carbocycles. The van der Waals surface area contributed by atoms with Crippen LogP contribution in [0.15, 0.2) is 9.52 Å². The molecule has 1 aromatic heterocycles. The first kappa shape index (κ1) is 14.7. The van der Waals surface area contributed by atoms with Crippen molar-refractivity contribution >= 4 is 29.9 Å². The van der Waals surface area contributed by atoms with E-state index in [2.05, 4.69) is 31.7 Å². The van der Waals surface area contributed by atoms with E-state index in [4.69, 9.17) is 10.9 Å². The van der Waals surface area contributed by atoms with Crippen LogP contribution in [0.2, 0.25) is 0 Å². The van der Waals surface area contributed by atoms with E-state index in [9.17, 15) is 0 Å². The third kappa shape index (κ3) is 4.97. The van der Waals surface area contributed by atoms with E-state index in [1.54, 1.807) is 14.0 Å². The number of halogens is 1.